The second-order valence-electron chi connectivity index (χ2n) is 5.43. The maximum absolute atomic E-state index is 12.0. The standard InChI is InChI=1S/C16H18BrN3OS.2ClH/c17-12-4-1-3-11(7-12)16-20-14(10-22-16)8-15(21)19-9-13-5-2-6-18-13;;/h1,3-4,7,10,13,18H,2,5-6,8-9H2,(H,19,21);2*1H. The Bertz CT molecular complexity index is 662. The minimum Gasteiger partial charge on any atom is -0.354 e. The number of amides is 1. The molecule has 3 rings (SSSR count). The molecule has 1 unspecified atom stereocenters. The molecule has 1 fully saturated rings. The summed E-state index contributed by atoms with van der Waals surface area (Å²) in [4.78, 5) is 16.5. The summed E-state index contributed by atoms with van der Waals surface area (Å²) in [6.07, 6.45) is 2.68. The third-order valence-corrected chi connectivity index (χ3v) is 5.11. The van der Waals surface area contributed by atoms with Crippen molar-refractivity contribution in [2.75, 3.05) is 13.1 Å². The number of hydrogen-bond acceptors (Lipinski definition) is 4. The number of halogens is 3. The van der Waals surface area contributed by atoms with E-state index in [9.17, 15) is 4.79 Å². The number of thiazole rings is 1. The van der Waals surface area contributed by atoms with Gasteiger partial charge in [0.1, 0.15) is 5.01 Å². The number of hydrogen-bond donors (Lipinski definition) is 2. The van der Waals surface area contributed by atoms with Crippen LogP contribution in [0.4, 0.5) is 0 Å². The lowest BCUT2D eigenvalue weighted by Gasteiger charge is -2.10. The summed E-state index contributed by atoms with van der Waals surface area (Å²) in [6, 6.07) is 8.47. The van der Waals surface area contributed by atoms with Crippen LogP contribution in [0.25, 0.3) is 10.6 Å². The fraction of sp³-hybridized carbons (Fsp3) is 0.375. The normalized spacial score (nSPS) is 16.1. The maximum Gasteiger partial charge on any atom is 0.226 e. The van der Waals surface area contributed by atoms with Gasteiger partial charge in [0.25, 0.3) is 0 Å². The Hall–Kier alpha value is -0.660. The highest BCUT2D eigenvalue weighted by Crippen LogP contribution is 2.26. The van der Waals surface area contributed by atoms with Crippen LogP contribution >= 0.6 is 52.1 Å². The summed E-state index contributed by atoms with van der Waals surface area (Å²) in [5.74, 6) is 0.0415. The molecule has 0 bridgehead atoms. The Morgan fingerprint density at radius 1 is 1.42 bits per heavy atom. The minimum absolute atomic E-state index is 0. The first-order valence-corrected chi connectivity index (χ1v) is 9.08. The van der Waals surface area contributed by atoms with Gasteiger partial charge in [0.05, 0.1) is 12.1 Å². The largest absolute Gasteiger partial charge is 0.354 e. The van der Waals surface area contributed by atoms with Gasteiger partial charge >= 0.3 is 0 Å². The highest BCUT2D eigenvalue weighted by molar-refractivity contribution is 9.10. The molecule has 0 spiro atoms. The molecule has 8 heteroatoms. The monoisotopic (exact) mass is 451 g/mol. The second kappa shape index (κ2) is 10.4. The topological polar surface area (TPSA) is 54.0 Å². The number of rotatable bonds is 5. The molecule has 1 aliphatic rings. The smallest absolute Gasteiger partial charge is 0.226 e. The quantitative estimate of drug-likeness (QED) is 0.724. The molecule has 1 aromatic carbocycles. The molecule has 4 nitrogen and oxygen atoms in total. The summed E-state index contributed by atoms with van der Waals surface area (Å²) in [7, 11) is 0. The van der Waals surface area contributed by atoms with E-state index in [4.69, 9.17) is 0 Å². The van der Waals surface area contributed by atoms with Crippen LogP contribution < -0.4 is 10.6 Å². The van der Waals surface area contributed by atoms with Gasteiger partial charge in [-0.15, -0.1) is 36.2 Å². The van der Waals surface area contributed by atoms with E-state index in [-0.39, 0.29) is 30.7 Å². The van der Waals surface area contributed by atoms with E-state index in [2.05, 4.69) is 31.5 Å². The van der Waals surface area contributed by atoms with Crippen LogP contribution in [0.2, 0.25) is 0 Å². The average molecular weight is 453 g/mol. The summed E-state index contributed by atoms with van der Waals surface area (Å²) in [5, 5.41) is 9.27. The molecule has 1 saturated heterocycles. The van der Waals surface area contributed by atoms with Crippen molar-refractivity contribution in [3.8, 4) is 10.6 Å². The molecule has 24 heavy (non-hydrogen) atoms. The first kappa shape index (κ1) is 21.4. The lowest BCUT2D eigenvalue weighted by atomic mass is 10.2. The van der Waals surface area contributed by atoms with E-state index < -0.39 is 0 Å². The molecular weight excluding hydrogens is 433 g/mol. The second-order valence-corrected chi connectivity index (χ2v) is 7.20. The van der Waals surface area contributed by atoms with Crippen LogP contribution in [0.3, 0.4) is 0 Å². The summed E-state index contributed by atoms with van der Waals surface area (Å²) >= 11 is 5.04. The third-order valence-electron chi connectivity index (χ3n) is 3.67. The number of nitrogens with zero attached hydrogens (tertiary/aromatic N) is 1. The van der Waals surface area contributed by atoms with Crippen LogP contribution in [0, 0.1) is 0 Å². The molecule has 0 saturated carbocycles. The first-order valence-electron chi connectivity index (χ1n) is 7.41. The van der Waals surface area contributed by atoms with Gasteiger partial charge in [-0.05, 0) is 31.5 Å². The zero-order valence-electron chi connectivity index (χ0n) is 13.0. The van der Waals surface area contributed by atoms with Gasteiger partial charge in [-0.3, -0.25) is 4.79 Å². The molecule has 0 radical (unpaired) electrons. The van der Waals surface area contributed by atoms with E-state index in [1.807, 2.05) is 29.6 Å². The number of nitrogens with one attached hydrogen (secondary N) is 2. The molecule has 132 valence electrons. The SMILES string of the molecule is Cl.Cl.O=C(Cc1csc(-c2cccc(Br)c2)n1)NCC1CCCN1. The number of benzene rings is 1. The Morgan fingerprint density at radius 2 is 2.25 bits per heavy atom. The fourth-order valence-corrected chi connectivity index (χ4v) is 3.75. The van der Waals surface area contributed by atoms with E-state index in [1.54, 1.807) is 11.3 Å². The molecular formula is C16H20BrCl2N3OS. The van der Waals surface area contributed by atoms with Crippen molar-refractivity contribution < 1.29 is 4.79 Å². The lowest BCUT2D eigenvalue weighted by Crippen LogP contribution is -2.37. The average Bonchev–Trinajstić information content (AvgIpc) is 3.16. The van der Waals surface area contributed by atoms with Crippen molar-refractivity contribution >= 4 is 58.0 Å². The van der Waals surface area contributed by atoms with Gasteiger partial charge in [0, 0.05) is 28.0 Å². The van der Waals surface area contributed by atoms with Gasteiger partial charge < -0.3 is 10.6 Å². The predicted molar refractivity (Wildman–Crippen MR) is 107 cm³/mol. The van der Waals surface area contributed by atoms with Gasteiger partial charge in [0.15, 0.2) is 0 Å². The van der Waals surface area contributed by atoms with E-state index >= 15 is 0 Å². The summed E-state index contributed by atoms with van der Waals surface area (Å²) in [6.45, 7) is 1.77. The molecule has 1 atom stereocenters. The van der Waals surface area contributed by atoms with Crippen molar-refractivity contribution in [2.45, 2.75) is 25.3 Å². The van der Waals surface area contributed by atoms with Gasteiger partial charge in [-0.2, -0.15) is 0 Å². The van der Waals surface area contributed by atoms with Crippen LogP contribution in [0.1, 0.15) is 18.5 Å². The highest BCUT2D eigenvalue weighted by Gasteiger charge is 2.15. The van der Waals surface area contributed by atoms with Gasteiger partial charge in [-0.25, -0.2) is 4.98 Å². The number of aromatic nitrogens is 1. The van der Waals surface area contributed by atoms with Gasteiger partial charge in [-0.1, -0.05) is 28.1 Å². The molecule has 2 N–H and O–H groups in total. The van der Waals surface area contributed by atoms with Crippen molar-refractivity contribution in [3.05, 3.63) is 39.8 Å². The predicted octanol–water partition coefficient (Wildman–Crippen LogP) is 3.83. The zero-order chi connectivity index (χ0) is 15.4. The zero-order valence-corrected chi connectivity index (χ0v) is 17.0. The highest BCUT2D eigenvalue weighted by atomic mass is 79.9. The molecule has 1 aromatic heterocycles. The molecule has 1 aliphatic heterocycles. The van der Waals surface area contributed by atoms with Crippen LogP contribution in [-0.2, 0) is 11.2 Å². The minimum atomic E-state index is 0. The van der Waals surface area contributed by atoms with Crippen LogP contribution in [-0.4, -0.2) is 30.0 Å². The van der Waals surface area contributed by atoms with E-state index in [1.165, 1.54) is 6.42 Å². The molecule has 0 aliphatic carbocycles. The van der Waals surface area contributed by atoms with Crippen LogP contribution in [0.15, 0.2) is 34.1 Å². The number of carbonyl (C=O) groups excluding carboxylic acids is 1. The van der Waals surface area contributed by atoms with Crippen molar-refractivity contribution in [2.24, 2.45) is 0 Å². The lowest BCUT2D eigenvalue weighted by molar-refractivity contribution is -0.120. The summed E-state index contributed by atoms with van der Waals surface area (Å²) < 4.78 is 1.03. The fourth-order valence-electron chi connectivity index (χ4n) is 2.54. The Balaban J connectivity index is 0.00000144. The Labute approximate surface area is 166 Å². The molecule has 2 heterocycles. The van der Waals surface area contributed by atoms with Crippen molar-refractivity contribution in [3.63, 3.8) is 0 Å². The Morgan fingerprint density at radius 3 is 2.96 bits per heavy atom. The van der Waals surface area contributed by atoms with Crippen molar-refractivity contribution in [1.29, 1.82) is 0 Å². The first-order chi connectivity index (χ1) is 10.7. The molecule has 2 aromatic rings. The molecule has 1 amide bonds. The van der Waals surface area contributed by atoms with Crippen LogP contribution in [0.5, 0.6) is 0 Å². The number of carbonyl (C=O) groups is 1. The van der Waals surface area contributed by atoms with Gasteiger partial charge in [0.2, 0.25) is 5.91 Å². The summed E-state index contributed by atoms with van der Waals surface area (Å²) in [5.41, 5.74) is 1.90. The maximum atomic E-state index is 12.0. The van der Waals surface area contributed by atoms with E-state index in [0.717, 1.165) is 33.7 Å². The van der Waals surface area contributed by atoms with E-state index in [0.29, 0.717) is 19.0 Å². The van der Waals surface area contributed by atoms with Crippen molar-refractivity contribution in [1.82, 2.24) is 15.6 Å². The third kappa shape index (κ3) is 6.01. The Kier molecular flexibility index (Phi) is 9.23.